The Morgan fingerprint density at radius 3 is 2.55 bits per heavy atom. The summed E-state index contributed by atoms with van der Waals surface area (Å²) < 4.78 is 10.4. The molecule has 1 rings (SSSR count). The van der Waals surface area contributed by atoms with Gasteiger partial charge in [0.05, 0.1) is 19.7 Å². The topological polar surface area (TPSA) is 54.9 Å². The van der Waals surface area contributed by atoms with Crippen LogP contribution in [0.5, 0.6) is 5.75 Å². The second-order valence-corrected chi connectivity index (χ2v) is 4.24. The first kappa shape index (κ1) is 20.5. The molecule has 6 heteroatoms. The first-order valence-corrected chi connectivity index (χ1v) is 6.96. The van der Waals surface area contributed by atoms with Gasteiger partial charge in [0.15, 0.2) is 5.96 Å². The van der Waals surface area contributed by atoms with E-state index < -0.39 is 0 Å². The van der Waals surface area contributed by atoms with Crippen LogP contribution in [0.2, 0.25) is 0 Å². The van der Waals surface area contributed by atoms with E-state index in [1.165, 1.54) is 0 Å². The van der Waals surface area contributed by atoms with Gasteiger partial charge in [0.2, 0.25) is 0 Å². The maximum Gasteiger partial charge on any atom is 0.192 e. The number of halogens is 1. The number of nitrogens with one attached hydrogen (secondary N) is 2. The molecule has 22 heavy (non-hydrogen) atoms. The molecule has 5 nitrogen and oxygen atoms in total. The monoisotopic (exact) mass is 417 g/mol. The van der Waals surface area contributed by atoms with E-state index in [1.807, 2.05) is 31.2 Å². The molecular weight excluding hydrogens is 393 g/mol. The molecule has 0 aliphatic rings. The lowest BCUT2D eigenvalue weighted by atomic mass is 10.2. The van der Waals surface area contributed by atoms with Gasteiger partial charge in [-0.2, -0.15) is 0 Å². The summed E-state index contributed by atoms with van der Waals surface area (Å²) in [6, 6.07) is 7.86. The van der Waals surface area contributed by atoms with E-state index in [4.69, 9.17) is 15.9 Å². The Morgan fingerprint density at radius 2 is 1.95 bits per heavy atom. The first-order valence-electron chi connectivity index (χ1n) is 6.96. The van der Waals surface area contributed by atoms with E-state index in [-0.39, 0.29) is 24.0 Å². The third-order valence-electron chi connectivity index (χ3n) is 2.60. The Morgan fingerprint density at radius 1 is 1.23 bits per heavy atom. The quantitative estimate of drug-likeness (QED) is 0.224. The van der Waals surface area contributed by atoms with Gasteiger partial charge in [-0.05, 0) is 24.6 Å². The number of aliphatic imine (C=N–C) groups is 1. The van der Waals surface area contributed by atoms with Crippen LogP contribution in [-0.4, -0.2) is 39.4 Å². The van der Waals surface area contributed by atoms with Gasteiger partial charge >= 0.3 is 0 Å². The van der Waals surface area contributed by atoms with Gasteiger partial charge in [0.1, 0.15) is 12.4 Å². The second-order valence-electron chi connectivity index (χ2n) is 4.24. The molecule has 1 aromatic rings. The second kappa shape index (κ2) is 13.2. The van der Waals surface area contributed by atoms with Crippen molar-refractivity contribution in [2.75, 3.05) is 33.4 Å². The van der Waals surface area contributed by atoms with Crippen LogP contribution >= 0.6 is 24.0 Å². The van der Waals surface area contributed by atoms with E-state index >= 15 is 0 Å². The molecule has 0 heterocycles. The van der Waals surface area contributed by atoms with E-state index in [0.29, 0.717) is 26.3 Å². The third-order valence-corrected chi connectivity index (χ3v) is 2.60. The number of terminal acetylenes is 1. The van der Waals surface area contributed by atoms with Crippen molar-refractivity contribution in [1.29, 1.82) is 0 Å². The summed E-state index contributed by atoms with van der Waals surface area (Å²) in [6.07, 6.45) is 5.23. The van der Waals surface area contributed by atoms with Gasteiger partial charge in [-0.25, -0.2) is 4.99 Å². The Labute approximate surface area is 149 Å². The fraction of sp³-hybridized carbons (Fsp3) is 0.438. The molecule has 122 valence electrons. The maximum atomic E-state index is 5.51. The molecule has 2 N–H and O–H groups in total. The number of methoxy groups -OCH3 is 1. The minimum Gasteiger partial charge on any atom is -0.491 e. The number of ether oxygens (including phenoxy) is 2. The lowest BCUT2D eigenvalue weighted by Crippen LogP contribution is -2.37. The maximum absolute atomic E-state index is 5.51. The van der Waals surface area contributed by atoms with Crippen LogP contribution in [0.3, 0.4) is 0 Å². The standard InChI is InChI=1S/C16H23N3O2.HI/c1-4-10-18-16(17-5-2)19-13-14-6-8-15(9-7-14)21-12-11-20-3;/h1,6-9H,5,10-13H2,2-3H3,(H2,17,18,19);1H. The fourth-order valence-corrected chi connectivity index (χ4v) is 1.58. The number of nitrogens with zero attached hydrogens (tertiary/aromatic N) is 1. The highest BCUT2D eigenvalue weighted by Crippen LogP contribution is 2.12. The summed E-state index contributed by atoms with van der Waals surface area (Å²) in [5.74, 6) is 4.08. The van der Waals surface area contributed by atoms with Crippen LogP contribution in [0.25, 0.3) is 0 Å². The van der Waals surface area contributed by atoms with Crippen molar-refractivity contribution in [1.82, 2.24) is 10.6 Å². The fourth-order valence-electron chi connectivity index (χ4n) is 1.58. The van der Waals surface area contributed by atoms with Gasteiger partial charge in [-0.1, -0.05) is 18.1 Å². The number of rotatable bonds is 8. The van der Waals surface area contributed by atoms with E-state index in [2.05, 4.69) is 21.5 Å². The highest BCUT2D eigenvalue weighted by Gasteiger charge is 1.98. The van der Waals surface area contributed by atoms with Crippen LogP contribution < -0.4 is 15.4 Å². The minimum absolute atomic E-state index is 0. The lowest BCUT2D eigenvalue weighted by Gasteiger charge is -2.09. The average molecular weight is 417 g/mol. The predicted octanol–water partition coefficient (Wildman–Crippen LogP) is 2.02. The Balaban J connectivity index is 0.00000441. The molecule has 0 spiro atoms. The van der Waals surface area contributed by atoms with Crippen molar-refractivity contribution in [3.63, 3.8) is 0 Å². The van der Waals surface area contributed by atoms with E-state index in [1.54, 1.807) is 7.11 Å². The van der Waals surface area contributed by atoms with Crippen LogP contribution in [0.15, 0.2) is 29.3 Å². The minimum atomic E-state index is 0. The highest BCUT2D eigenvalue weighted by atomic mass is 127. The summed E-state index contributed by atoms with van der Waals surface area (Å²) in [4.78, 5) is 4.46. The molecular formula is C16H24IN3O2. The van der Waals surface area contributed by atoms with Crippen LogP contribution in [0.1, 0.15) is 12.5 Å². The molecule has 0 aromatic heterocycles. The van der Waals surface area contributed by atoms with Crippen molar-refractivity contribution in [2.45, 2.75) is 13.5 Å². The van der Waals surface area contributed by atoms with Crippen molar-refractivity contribution in [2.24, 2.45) is 4.99 Å². The zero-order valence-electron chi connectivity index (χ0n) is 13.1. The summed E-state index contributed by atoms with van der Waals surface area (Å²) in [6.45, 7) is 4.98. The molecule has 0 amide bonds. The molecule has 1 aromatic carbocycles. The summed E-state index contributed by atoms with van der Waals surface area (Å²) in [7, 11) is 1.65. The molecule has 0 atom stereocenters. The summed E-state index contributed by atoms with van der Waals surface area (Å²) in [5.41, 5.74) is 1.10. The Kier molecular flexibility index (Phi) is 12.3. The SMILES string of the molecule is C#CCNC(=NCc1ccc(OCCOC)cc1)NCC.I. The molecule has 0 fully saturated rings. The van der Waals surface area contributed by atoms with Crippen LogP contribution in [-0.2, 0) is 11.3 Å². The van der Waals surface area contributed by atoms with Crippen molar-refractivity contribution in [3.05, 3.63) is 29.8 Å². The van der Waals surface area contributed by atoms with Gasteiger partial charge in [0.25, 0.3) is 0 Å². The Bertz CT molecular complexity index is 469. The first-order chi connectivity index (χ1) is 10.3. The number of guanidine groups is 1. The largest absolute Gasteiger partial charge is 0.491 e. The highest BCUT2D eigenvalue weighted by molar-refractivity contribution is 14.0. The number of hydrogen-bond donors (Lipinski definition) is 2. The number of hydrogen-bond acceptors (Lipinski definition) is 3. The average Bonchev–Trinajstić information content (AvgIpc) is 2.51. The van der Waals surface area contributed by atoms with Crippen molar-refractivity contribution < 1.29 is 9.47 Å². The summed E-state index contributed by atoms with van der Waals surface area (Å²) in [5, 5.41) is 6.19. The predicted molar refractivity (Wildman–Crippen MR) is 101 cm³/mol. The normalized spacial score (nSPS) is 10.3. The van der Waals surface area contributed by atoms with Gasteiger partial charge < -0.3 is 20.1 Å². The van der Waals surface area contributed by atoms with Crippen LogP contribution in [0, 0.1) is 12.3 Å². The smallest absolute Gasteiger partial charge is 0.192 e. The van der Waals surface area contributed by atoms with Gasteiger partial charge in [0, 0.05) is 13.7 Å². The summed E-state index contributed by atoms with van der Waals surface area (Å²) >= 11 is 0. The van der Waals surface area contributed by atoms with E-state index in [0.717, 1.165) is 23.8 Å². The van der Waals surface area contributed by atoms with Crippen molar-refractivity contribution >= 4 is 29.9 Å². The third kappa shape index (κ3) is 8.74. The van der Waals surface area contributed by atoms with Gasteiger partial charge in [-0.3, -0.25) is 0 Å². The number of benzene rings is 1. The molecule has 0 saturated carbocycles. The molecule has 0 radical (unpaired) electrons. The molecule has 0 saturated heterocycles. The van der Waals surface area contributed by atoms with Gasteiger partial charge in [-0.15, -0.1) is 30.4 Å². The Hall–Kier alpha value is -1.46. The molecule has 0 aliphatic carbocycles. The molecule has 0 bridgehead atoms. The van der Waals surface area contributed by atoms with Crippen LogP contribution in [0.4, 0.5) is 0 Å². The van der Waals surface area contributed by atoms with E-state index in [9.17, 15) is 0 Å². The zero-order valence-corrected chi connectivity index (χ0v) is 15.4. The molecule has 0 aliphatic heterocycles. The van der Waals surface area contributed by atoms with Crippen molar-refractivity contribution in [3.8, 4) is 18.1 Å². The zero-order chi connectivity index (χ0) is 15.3. The molecule has 0 unspecified atom stereocenters. The lowest BCUT2D eigenvalue weighted by molar-refractivity contribution is 0.146.